The number of aliphatic hydroxyl groups is 1. The van der Waals surface area contributed by atoms with Crippen LogP contribution in [0, 0.1) is 5.92 Å². The Kier molecular flexibility index (Phi) is 6.67. The van der Waals surface area contributed by atoms with Crippen LogP contribution in [-0.4, -0.2) is 41.0 Å². The molecule has 1 aliphatic rings. The van der Waals surface area contributed by atoms with Crippen molar-refractivity contribution >= 4 is 11.9 Å². The van der Waals surface area contributed by atoms with Gasteiger partial charge in [0.1, 0.15) is 5.60 Å². The highest BCUT2D eigenvalue weighted by Crippen LogP contribution is 2.37. The molecule has 0 aromatic carbocycles. The van der Waals surface area contributed by atoms with Crippen LogP contribution in [0.1, 0.15) is 59.3 Å². The van der Waals surface area contributed by atoms with Gasteiger partial charge in [-0.05, 0) is 39.0 Å². The van der Waals surface area contributed by atoms with Gasteiger partial charge in [0.05, 0.1) is 0 Å². The van der Waals surface area contributed by atoms with Crippen molar-refractivity contribution in [2.75, 3.05) is 6.61 Å². The van der Waals surface area contributed by atoms with E-state index >= 15 is 0 Å². The van der Waals surface area contributed by atoms with Crippen LogP contribution in [0.5, 0.6) is 0 Å². The van der Waals surface area contributed by atoms with Gasteiger partial charge in [-0.25, -0.2) is 9.59 Å². The van der Waals surface area contributed by atoms with Crippen molar-refractivity contribution < 1.29 is 37.3 Å². The van der Waals surface area contributed by atoms with Crippen LogP contribution in [0.2, 0.25) is 0 Å². The average molecular weight is 354 g/mol. The second kappa shape index (κ2) is 7.72. The van der Waals surface area contributed by atoms with Crippen LogP contribution < -0.4 is 0 Å². The summed E-state index contributed by atoms with van der Waals surface area (Å²) in [5, 5.41) is 9.16. The summed E-state index contributed by atoms with van der Waals surface area (Å²) in [4.78, 5) is 23.2. The average Bonchev–Trinajstić information content (AvgIpc) is 2.52. The van der Waals surface area contributed by atoms with E-state index in [4.69, 9.17) is 9.84 Å². The lowest BCUT2D eigenvalue weighted by Crippen LogP contribution is -2.51. The quantitative estimate of drug-likeness (QED) is 0.742. The van der Waals surface area contributed by atoms with Crippen molar-refractivity contribution in [3.05, 3.63) is 0 Å². The molecule has 1 saturated carbocycles. The van der Waals surface area contributed by atoms with E-state index in [9.17, 15) is 22.8 Å². The molecule has 0 aliphatic heterocycles. The maximum absolute atomic E-state index is 12.5. The molecule has 140 valence electrons. The van der Waals surface area contributed by atoms with Crippen LogP contribution in [-0.2, 0) is 19.1 Å². The van der Waals surface area contributed by atoms with Crippen molar-refractivity contribution in [2.24, 2.45) is 5.92 Å². The van der Waals surface area contributed by atoms with Gasteiger partial charge < -0.3 is 14.6 Å². The van der Waals surface area contributed by atoms with Crippen molar-refractivity contribution in [2.45, 2.75) is 76.7 Å². The second-order valence-electron chi connectivity index (χ2n) is 6.62. The first-order valence-electron chi connectivity index (χ1n) is 8.12. The SMILES string of the molecule is CCC(C)(OC(=O)COC(=O)C(C)(O)C(F)(F)F)C1CCCCC1. The fourth-order valence-electron chi connectivity index (χ4n) is 2.83. The van der Waals surface area contributed by atoms with E-state index in [1.54, 1.807) is 6.92 Å². The normalized spacial score (nSPS) is 21.5. The molecule has 1 aliphatic carbocycles. The smallest absolute Gasteiger partial charge is 0.427 e. The third kappa shape index (κ3) is 4.84. The van der Waals surface area contributed by atoms with Crippen LogP contribution in [0.25, 0.3) is 0 Å². The third-order valence-corrected chi connectivity index (χ3v) is 4.79. The Labute approximate surface area is 139 Å². The van der Waals surface area contributed by atoms with Gasteiger partial charge in [-0.1, -0.05) is 26.2 Å². The fraction of sp³-hybridized carbons (Fsp3) is 0.875. The minimum Gasteiger partial charge on any atom is -0.457 e. The molecule has 0 radical (unpaired) electrons. The minimum absolute atomic E-state index is 0.175. The van der Waals surface area contributed by atoms with Gasteiger partial charge in [0.25, 0.3) is 5.60 Å². The number of rotatable bonds is 6. The van der Waals surface area contributed by atoms with E-state index in [1.807, 2.05) is 6.92 Å². The number of carbonyl (C=O) groups excluding carboxylic acids is 2. The molecular weight excluding hydrogens is 329 g/mol. The zero-order valence-corrected chi connectivity index (χ0v) is 14.2. The maximum atomic E-state index is 12.5. The van der Waals surface area contributed by atoms with Gasteiger partial charge in [0, 0.05) is 0 Å². The number of carbonyl (C=O) groups is 2. The molecule has 0 heterocycles. The van der Waals surface area contributed by atoms with Crippen molar-refractivity contribution in [1.29, 1.82) is 0 Å². The summed E-state index contributed by atoms with van der Waals surface area (Å²) < 4.78 is 47.2. The first-order valence-corrected chi connectivity index (χ1v) is 8.12. The van der Waals surface area contributed by atoms with Gasteiger partial charge in [0.2, 0.25) is 0 Å². The molecule has 24 heavy (non-hydrogen) atoms. The van der Waals surface area contributed by atoms with Gasteiger partial charge in [0.15, 0.2) is 6.61 Å². The first-order chi connectivity index (χ1) is 10.9. The van der Waals surface area contributed by atoms with Crippen molar-refractivity contribution in [3.8, 4) is 0 Å². The Morgan fingerprint density at radius 1 is 1.12 bits per heavy atom. The van der Waals surface area contributed by atoms with Crippen LogP contribution in [0.4, 0.5) is 13.2 Å². The van der Waals surface area contributed by atoms with E-state index in [0.717, 1.165) is 32.1 Å². The largest absolute Gasteiger partial charge is 0.457 e. The molecule has 0 aromatic rings. The highest BCUT2D eigenvalue weighted by Gasteiger charge is 2.57. The van der Waals surface area contributed by atoms with Crippen molar-refractivity contribution in [3.63, 3.8) is 0 Å². The number of alkyl halides is 3. The standard InChI is InChI=1S/C16H25F3O5/c1-4-14(2,11-8-6-5-7-9-11)24-12(20)10-23-13(21)15(3,22)16(17,18)19/h11,22H,4-10H2,1-3H3. The molecule has 2 unspecified atom stereocenters. The van der Waals surface area contributed by atoms with Crippen LogP contribution in [0.15, 0.2) is 0 Å². The van der Waals surface area contributed by atoms with E-state index in [1.165, 1.54) is 0 Å². The number of hydrogen-bond acceptors (Lipinski definition) is 5. The third-order valence-electron chi connectivity index (χ3n) is 4.79. The summed E-state index contributed by atoms with van der Waals surface area (Å²) in [6, 6.07) is 0. The van der Waals surface area contributed by atoms with E-state index < -0.39 is 35.9 Å². The summed E-state index contributed by atoms with van der Waals surface area (Å²) in [6.07, 6.45) is 0.420. The molecule has 8 heteroatoms. The molecule has 0 saturated heterocycles. The summed E-state index contributed by atoms with van der Waals surface area (Å²) in [6.45, 7) is 2.96. The molecule has 5 nitrogen and oxygen atoms in total. The molecule has 0 amide bonds. The zero-order chi connectivity index (χ0) is 18.6. The highest BCUT2D eigenvalue weighted by atomic mass is 19.4. The second-order valence-corrected chi connectivity index (χ2v) is 6.62. The van der Waals surface area contributed by atoms with Gasteiger partial charge in [-0.2, -0.15) is 13.2 Å². The maximum Gasteiger partial charge on any atom is 0.427 e. The number of halogens is 3. The Morgan fingerprint density at radius 2 is 1.67 bits per heavy atom. The molecule has 1 fully saturated rings. The molecule has 0 spiro atoms. The lowest BCUT2D eigenvalue weighted by Gasteiger charge is -2.38. The molecule has 1 rings (SSSR count). The Hall–Kier alpha value is -1.31. The zero-order valence-electron chi connectivity index (χ0n) is 14.2. The molecule has 0 aromatic heterocycles. The summed E-state index contributed by atoms with van der Waals surface area (Å²) in [7, 11) is 0. The van der Waals surface area contributed by atoms with Crippen LogP contribution in [0.3, 0.4) is 0 Å². The number of esters is 2. The predicted molar refractivity (Wildman–Crippen MR) is 79.0 cm³/mol. The van der Waals surface area contributed by atoms with E-state index in [-0.39, 0.29) is 12.8 Å². The van der Waals surface area contributed by atoms with E-state index in [0.29, 0.717) is 6.42 Å². The van der Waals surface area contributed by atoms with Crippen LogP contribution >= 0.6 is 0 Å². The minimum atomic E-state index is -5.19. The highest BCUT2D eigenvalue weighted by molar-refractivity contribution is 5.82. The van der Waals surface area contributed by atoms with E-state index in [2.05, 4.69) is 4.74 Å². The Balaban J connectivity index is 2.60. The monoisotopic (exact) mass is 354 g/mol. The van der Waals surface area contributed by atoms with Gasteiger partial charge in [-0.15, -0.1) is 0 Å². The molecule has 0 bridgehead atoms. The molecule has 1 N–H and O–H groups in total. The molecule has 2 atom stereocenters. The molecular formula is C16H25F3O5. The Morgan fingerprint density at radius 3 is 2.12 bits per heavy atom. The lowest BCUT2D eigenvalue weighted by atomic mass is 9.76. The van der Waals surface area contributed by atoms with Gasteiger partial charge in [-0.3, -0.25) is 0 Å². The first kappa shape index (κ1) is 20.7. The summed E-state index contributed by atoms with van der Waals surface area (Å²) in [5.74, 6) is -2.67. The number of hydrogen-bond donors (Lipinski definition) is 1. The lowest BCUT2D eigenvalue weighted by molar-refractivity contribution is -0.257. The predicted octanol–water partition coefficient (Wildman–Crippen LogP) is 3.14. The summed E-state index contributed by atoms with van der Waals surface area (Å²) >= 11 is 0. The topological polar surface area (TPSA) is 72.8 Å². The number of ether oxygens (including phenoxy) is 2. The summed E-state index contributed by atoms with van der Waals surface area (Å²) in [5.41, 5.74) is -4.40. The van der Waals surface area contributed by atoms with Gasteiger partial charge >= 0.3 is 18.1 Å². The fourth-order valence-corrected chi connectivity index (χ4v) is 2.83. The Bertz CT molecular complexity index is 455. The van der Waals surface area contributed by atoms with Crippen molar-refractivity contribution in [1.82, 2.24) is 0 Å².